The topological polar surface area (TPSA) is 61.5 Å². The van der Waals surface area contributed by atoms with Crippen LogP contribution in [0, 0.1) is 11.6 Å². The number of benzene rings is 1. The Morgan fingerprint density at radius 3 is 2.86 bits per heavy atom. The molecule has 2 atom stereocenters. The zero-order chi connectivity index (χ0) is 19.8. The highest BCUT2D eigenvalue weighted by molar-refractivity contribution is 5.94. The predicted octanol–water partition coefficient (Wildman–Crippen LogP) is 3.06. The van der Waals surface area contributed by atoms with Crippen LogP contribution in [0.25, 0.3) is 0 Å². The number of rotatable bonds is 2. The third-order valence-corrected chi connectivity index (χ3v) is 5.49. The molecule has 4 rings (SSSR count). The van der Waals surface area contributed by atoms with E-state index in [1.807, 2.05) is 13.8 Å². The van der Waals surface area contributed by atoms with Crippen molar-refractivity contribution in [1.82, 2.24) is 15.1 Å². The van der Waals surface area contributed by atoms with E-state index >= 15 is 0 Å². The number of aromatic nitrogens is 2. The van der Waals surface area contributed by atoms with Crippen LogP contribution in [0.15, 0.2) is 18.2 Å². The molecule has 0 saturated carbocycles. The van der Waals surface area contributed by atoms with Crippen LogP contribution in [0.1, 0.15) is 48.1 Å². The molecule has 0 radical (unpaired) electrons. The monoisotopic (exact) mass is 390 g/mol. The van der Waals surface area contributed by atoms with Gasteiger partial charge in [-0.25, -0.2) is 8.78 Å². The largest absolute Gasteiger partial charge is 0.369 e. The van der Waals surface area contributed by atoms with Crippen LogP contribution in [-0.4, -0.2) is 53.3 Å². The van der Waals surface area contributed by atoms with Crippen LogP contribution in [0.4, 0.5) is 14.5 Å². The van der Waals surface area contributed by atoms with Gasteiger partial charge in [0.15, 0.2) is 17.3 Å². The molecule has 0 bridgehead atoms. The van der Waals surface area contributed by atoms with E-state index in [0.717, 1.165) is 17.3 Å². The van der Waals surface area contributed by atoms with Gasteiger partial charge in [0.25, 0.3) is 5.91 Å². The van der Waals surface area contributed by atoms with Crippen molar-refractivity contribution >= 4 is 11.6 Å². The van der Waals surface area contributed by atoms with Crippen molar-refractivity contribution < 1.29 is 18.3 Å². The van der Waals surface area contributed by atoms with E-state index in [1.165, 1.54) is 6.07 Å². The van der Waals surface area contributed by atoms with E-state index in [2.05, 4.69) is 10.2 Å². The number of anilines is 1. The van der Waals surface area contributed by atoms with Crippen molar-refractivity contribution in [3.05, 3.63) is 46.8 Å². The number of amides is 1. The molecule has 2 aromatic rings. The number of hydrogen-bond donors (Lipinski definition) is 1. The smallest absolute Gasteiger partial charge is 0.274 e. The van der Waals surface area contributed by atoms with E-state index in [9.17, 15) is 13.6 Å². The molecule has 0 unspecified atom stereocenters. The first kappa shape index (κ1) is 18.9. The molecule has 1 fully saturated rings. The Balaban J connectivity index is 1.51. The molecule has 0 aliphatic carbocycles. The van der Waals surface area contributed by atoms with Gasteiger partial charge < -0.3 is 14.5 Å². The summed E-state index contributed by atoms with van der Waals surface area (Å²) in [6.45, 7) is 5.91. The van der Waals surface area contributed by atoms with Gasteiger partial charge in [-0.2, -0.15) is 5.10 Å². The molecule has 1 aromatic carbocycles. The normalized spacial score (nSPS) is 22.7. The Bertz CT molecular complexity index is 885. The average molecular weight is 390 g/mol. The lowest BCUT2D eigenvalue weighted by atomic mass is 9.99. The van der Waals surface area contributed by atoms with E-state index in [4.69, 9.17) is 4.74 Å². The van der Waals surface area contributed by atoms with Crippen LogP contribution in [-0.2, 0) is 11.2 Å². The molecule has 6 nitrogen and oxygen atoms in total. The molecule has 1 saturated heterocycles. The summed E-state index contributed by atoms with van der Waals surface area (Å²) in [6, 6.07) is 4.18. The molecule has 0 spiro atoms. The Kier molecular flexibility index (Phi) is 5.05. The number of carbonyl (C=O) groups is 1. The van der Waals surface area contributed by atoms with Gasteiger partial charge in [0.1, 0.15) is 0 Å². The Hall–Kier alpha value is -2.48. The second kappa shape index (κ2) is 7.50. The number of hydrogen-bond acceptors (Lipinski definition) is 4. The van der Waals surface area contributed by atoms with Crippen molar-refractivity contribution in [2.75, 3.05) is 31.1 Å². The fourth-order valence-electron chi connectivity index (χ4n) is 4.10. The third-order valence-electron chi connectivity index (χ3n) is 5.49. The summed E-state index contributed by atoms with van der Waals surface area (Å²) < 4.78 is 33.5. The van der Waals surface area contributed by atoms with Crippen LogP contribution in [0.2, 0.25) is 0 Å². The van der Waals surface area contributed by atoms with Gasteiger partial charge in [0, 0.05) is 38.2 Å². The van der Waals surface area contributed by atoms with Gasteiger partial charge in [-0.05, 0) is 32.4 Å². The number of nitrogens with one attached hydrogen (secondary N) is 1. The summed E-state index contributed by atoms with van der Waals surface area (Å²) in [5.74, 6) is -1.82. The molecule has 150 valence electrons. The SMILES string of the molecule is C[C@@H]1Cc2c(C(=O)N3CCCN(c4cccc(F)c4F)CC3)n[nH]c2[C@H](C)O1. The van der Waals surface area contributed by atoms with Gasteiger partial charge in [-0.3, -0.25) is 9.89 Å². The van der Waals surface area contributed by atoms with E-state index in [-0.39, 0.29) is 23.8 Å². The van der Waals surface area contributed by atoms with Gasteiger partial charge in [-0.15, -0.1) is 0 Å². The minimum atomic E-state index is -0.858. The molecule has 8 heteroatoms. The second-order valence-electron chi connectivity index (χ2n) is 7.46. The zero-order valence-electron chi connectivity index (χ0n) is 16.0. The maximum absolute atomic E-state index is 14.1. The maximum atomic E-state index is 14.1. The third kappa shape index (κ3) is 3.37. The number of fused-ring (bicyclic) bond motifs is 1. The molecule has 3 heterocycles. The Labute approximate surface area is 162 Å². The molecular formula is C20H24F2N4O2. The Morgan fingerprint density at radius 2 is 2.04 bits per heavy atom. The predicted molar refractivity (Wildman–Crippen MR) is 100 cm³/mol. The van der Waals surface area contributed by atoms with Crippen LogP contribution >= 0.6 is 0 Å². The first-order valence-electron chi connectivity index (χ1n) is 9.66. The molecule has 1 amide bonds. The fourth-order valence-corrected chi connectivity index (χ4v) is 4.10. The van der Waals surface area contributed by atoms with Gasteiger partial charge in [-0.1, -0.05) is 6.07 Å². The number of ether oxygens (including phenoxy) is 1. The van der Waals surface area contributed by atoms with Gasteiger partial charge >= 0.3 is 0 Å². The van der Waals surface area contributed by atoms with Crippen LogP contribution in [0.3, 0.4) is 0 Å². The minimum Gasteiger partial charge on any atom is -0.369 e. The summed E-state index contributed by atoms with van der Waals surface area (Å²) in [5, 5.41) is 7.23. The number of aromatic amines is 1. The summed E-state index contributed by atoms with van der Waals surface area (Å²) in [4.78, 5) is 16.7. The van der Waals surface area contributed by atoms with E-state index in [0.29, 0.717) is 44.7 Å². The van der Waals surface area contributed by atoms with Crippen LogP contribution in [0.5, 0.6) is 0 Å². The molecule has 1 aromatic heterocycles. The molecule has 2 aliphatic heterocycles. The second-order valence-corrected chi connectivity index (χ2v) is 7.46. The lowest BCUT2D eigenvalue weighted by Crippen LogP contribution is -2.36. The molecule has 2 aliphatic rings. The summed E-state index contributed by atoms with van der Waals surface area (Å²) in [6.07, 6.45) is 1.22. The van der Waals surface area contributed by atoms with Crippen LogP contribution < -0.4 is 4.90 Å². The maximum Gasteiger partial charge on any atom is 0.274 e. The summed E-state index contributed by atoms with van der Waals surface area (Å²) in [5.41, 5.74) is 2.47. The first-order valence-corrected chi connectivity index (χ1v) is 9.66. The number of carbonyl (C=O) groups excluding carboxylic acids is 1. The van der Waals surface area contributed by atoms with Crippen molar-refractivity contribution in [3.63, 3.8) is 0 Å². The summed E-state index contributed by atoms with van der Waals surface area (Å²) in [7, 11) is 0. The molecule has 1 N–H and O–H groups in total. The quantitative estimate of drug-likeness (QED) is 0.856. The van der Waals surface area contributed by atoms with E-state index < -0.39 is 11.6 Å². The fraction of sp³-hybridized carbons (Fsp3) is 0.500. The average Bonchev–Trinajstić information content (AvgIpc) is 2.93. The number of H-pyrrole nitrogens is 1. The standard InChI is InChI=1S/C20H24F2N4O2/c1-12-11-14-18(13(2)28-12)23-24-19(14)20(27)26-8-4-7-25(9-10-26)16-6-3-5-15(21)17(16)22/h3,5-6,12-13H,4,7-11H2,1-2H3,(H,23,24)/t12-,13+/m1/s1. The lowest BCUT2D eigenvalue weighted by Gasteiger charge is -2.26. The highest BCUT2D eigenvalue weighted by Gasteiger charge is 2.32. The number of halogens is 2. The molecular weight excluding hydrogens is 366 g/mol. The Morgan fingerprint density at radius 1 is 1.21 bits per heavy atom. The van der Waals surface area contributed by atoms with Gasteiger partial charge in [0.2, 0.25) is 0 Å². The lowest BCUT2D eigenvalue weighted by molar-refractivity contribution is -0.00701. The van der Waals surface area contributed by atoms with Crippen molar-refractivity contribution in [1.29, 1.82) is 0 Å². The van der Waals surface area contributed by atoms with E-state index in [1.54, 1.807) is 15.9 Å². The minimum absolute atomic E-state index is 0.0298. The highest BCUT2D eigenvalue weighted by Crippen LogP contribution is 2.31. The van der Waals surface area contributed by atoms with Crippen molar-refractivity contribution in [2.45, 2.75) is 38.9 Å². The van der Waals surface area contributed by atoms with Crippen molar-refractivity contribution in [2.24, 2.45) is 0 Å². The highest BCUT2D eigenvalue weighted by atomic mass is 19.2. The van der Waals surface area contributed by atoms with Crippen molar-refractivity contribution in [3.8, 4) is 0 Å². The van der Waals surface area contributed by atoms with Gasteiger partial charge in [0.05, 0.1) is 23.6 Å². The molecule has 28 heavy (non-hydrogen) atoms. The zero-order valence-corrected chi connectivity index (χ0v) is 16.0. The number of nitrogens with zero attached hydrogens (tertiary/aromatic N) is 3. The summed E-state index contributed by atoms with van der Waals surface area (Å²) >= 11 is 0. The first-order chi connectivity index (χ1) is 13.5.